The van der Waals surface area contributed by atoms with Crippen LogP contribution in [0.15, 0.2) is 41.0 Å². The largest absolute Gasteiger partial charge is 0.463 e. The monoisotopic (exact) mass is 259 g/mol. The van der Waals surface area contributed by atoms with E-state index in [2.05, 4.69) is 11.4 Å². The summed E-state index contributed by atoms with van der Waals surface area (Å²) < 4.78 is 5.73. The second-order valence-corrected chi connectivity index (χ2v) is 4.80. The molecule has 0 unspecified atom stereocenters. The Kier molecular flexibility index (Phi) is 2.98. The molecule has 2 nitrogen and oxygen atoms in total. The van der Waals surface area contributed by atoms with Gasteiger partial charge in [-0.3, -0.25) is 0 Å². The van der Waals surface area contributed by atoms with Crippen molar-refractivity contribution in [2.24, 2.45) is 0 Å². The minimum absolute atomic E-state index is 0.783. The molecule has 0 aliphatic rings. The van der Waals surface area contributed by atoms with Gasteiger partial charge in [0.25, 0.3) is 0 Å². The molecule has 0 radical (unpaired) electrons. The number of benzene rings is 2. The summed E-state index contributed by atoms with van der Waals surface area (Å²) >= 11 is 6.34. The normalized spacial score (nSPS) is 11.4. The lowest BCUT2D eigenvalue weighted by Gasteiger charge is -2.02. The average molecular weight is 260 g/mol. The van der Waals surface area contributed by atoms with Crippen molar-refractivity contribution in [2.45, 2.75) is 6.42 Å². The Balaban J connectivity index is 2.27. The van der Waals surface area contributed by atoms with Crippen molar-refractivity contribution in [2.75, 3.05) is 13.6 Å². The van der Waals surface area contributed by atoms with Gasteiger partial charge in [0.15, 0.2) is 0 Å². The highest BCUT2D eigenvalue weighted by molar-refractivity contribution is 6.37. The minimum Gasteiger partial charge on any atom is -0.463 e. The highest BCUT2D eigenvalue weighted by Gasteiger charge is 2.11. The Hall–Kier alpha value is -1.51. The highest BCUT2D eigenvalue weighted by atomic mass is 35.5. The first-order valence-electron chi connectivity index (χ1n) is 6.03. The van der Waals surface area contributed by atoms with Crippen LogP contribution in [0, 0.1) is 0 Å². The summed E-state index contributed by atoms with van der Waals surface area (Å²) in [7, 11) is 1.95. The molecule has 0 spiro atoms. The van der Waals surface area contributed by atoms with Crippen LogP contribution < -0.4 is 5.32 Å². The fourth-order valence-corrected chi connectivity index (χ4v) is 2.59. The Labute approximate surface area is 111 Å². The molecule has 0 bridgehead atoms. The second-order valence-electron chi connectivity index (χ2n) is 4.40. The number of nitrogens with one attached hydrogen (secondary N) is 1. The second kappa shape index (κ2) is 4.63. The molecule has 2 aromatic carbocycles. The summed E-state index contributed by atoms with van der Waals surface area (Å²) in [5.41, 5.74) is 2.13. The summed E-state index contributed by atoms with van der Waals surface area (Å²) in [6, 6.07) is 10.1. The molecule has 0 aliphatic heterocycles. The van der Waals surface area contributed by atoms with E-state index in [4.69, 9.17) is 16.0 Å². The Morgan fingerprint density at radius 2 is 1.94 bits per heavy atom. The Morgan fingerprint density at radius 1 is 1.17 bits per heavy atom. The van der Waals surface area contributed by atoms with Crippen LogP contribution in [-0.2, 0) is 6.42 Å². The lowest BCUT2D eigenvalue weighted by molar-refractivity contribution is 0.612. The van der Waals surface area contributed by atoms with Gasteiger partial charge in [-0.05, 0) is 31.6 Å². The molecule has 3 aromatic rings. The average Bonchev–Trinajstić information content (AvgIpc) is 2.80. The van der Waals surface area contributed by atoms with E-state index in [9.17, 15) is 0 Å². The maximum absolute atomic E-state index is 6.34. The lowest BCUT2D eigenvalue weighted by atomic mass is 10.0. The Bertz CT molecular complexity index is 702. The molecule has 0 aliphatic carbocycles. The molecule has 1 heterocycles. The maximum Gasteiger partial charge on any atom is 0.142 e. The molecule has 92 valence electrons. The van der Waals surface area contributed by atoms with Crippen molar-refractivity contribution < 1.29 is 4.42 Å². The molecular formula is C15H14ClNO. The van der Waals surface area contributed by atoms with E-state index in [0.717, 1.165) is 39.7 Å². The lowest BCUT2D eigenvalue weighted by Crippen LogP contribution is -2.09. The molecule has 18 heavy (non-hydrogen) atoms. The summed E-state index contributed by atoms with van der Waals surface area (Å²) in [4.78, 5) is 0. The van der Waals surface area contributed by atoms with Crippen molar-refractivity contribution >= 4 is 33.3 Å². The third-order valence-corrected chi connectivity index (χ3v) is 3.57. The van der Waals surface area contributed by atoms with Gasteiger partial charge in [0.2, 0.25) is 0 Å². The number of hydrogen-bond donors (Lipinski definition) is 1. The van der Waals surface area contributed by atoms with Gasteiger partial charge in [0.05, 0.1) is 6.26 Å². The van der Waals surface area contributed by atoms with Crippen LogP contribution in [0.1, 0.15) is 5.56 Å². The topological polar surface area (TPSA) is 25.2 Å². The summed E-state index contributed by atoms with van der Waals surface area (Å²) in [6.45, 7) is 0.930. The van der Waals surface area contributed by atoms with Gasteiger partial charge in [0.1, 0.15) is 5.58 Å². The van der Waals surface area contributed by atoms with Crippen LogP contribution in [0.3, 0.4) is 0 Å². The molecule has 3 heteroatoms. The van der Waals surface area contributed by atoms with Gasteiger partial charge in [-0.2, -0.15) is 0 Å². The quantitative estimate of drug-likeness (QED) is 0.769. The number of rotatable bonds is 3. The predicted molar refractivity (Wildman–Crippen MR) is 76.4 cm³/mol. The van der Waals surface area contributed by atoms with Gasteiger partial charge in [-0.25, -0.2) is 0 Å². The summed E-state index contributed by atoms with van der Waals surface area (Å²) in [5, 5.41) is 7.17. The maximum atomic E-state index is 6.34. The van der Waals surface area contributed by atoms with Gasteiger partial charge in [-0.15, -0.1) is 0 Å². The van der Waals surface area contributed by atoms with Crippen molar-refractivity contribution in [1.82, 2.24) is 5.32 Å². The molecule has 0 fully saturated rings. The fraction of sp³-hybridized carbons (Fsp3) is 0.200. The van der Waals surface area contributed by atoms with E-state index in [1.807, 2.05) is 37.6 Å². The van der Waals surface area contributed by atoms with E-state index in [1.165, 1.54) is 5.56 Å². The zero-order chi connectivity index (χ0) is 12.5. The van der Waals surface area contributed by atoms with Crippen molar-refractivity contribution in [3.8, 4) is 0 Å². The summed E-state index contributed by atoms with van der Waals surface area (Å²) in [6.07, 6.45) is 2.78. The predicted octanol–water partition coefficient (Wildman–Crippen LogP) is 4.00. The smallest absolute Gasteiger partial charge is 0.142 e. The first-order chi connectivity index (χ1) is 8.81. The summed E-state index contributed by atoms with van der Waals surface area (Å²) in [5.74, 6) is 0. The molecule has 1 N–H and O–H groups in total. The minimum atomic E-state index is 0.783. The first kappa shape index (κ1) is 11.6. The number of likely N-dealkylation sites (N-methyl/N-ethyl adjacent to an activating group) is 1. The molecular weight excluding hydrogens is 246 g/mol. The van der Waals surface area contributed by atoms with E-state index >= 15 is 0 Å². The van der Waals surface area contributed by atoms with Gasteiger partial charge < -0.3 is 9.73 Å². The zero-order valence-corrected chi connectivity index (χ0v) is 10.9. The molecule has 0 atom stereocenters. The SMILES string of the molecule is CNCCc1coc2c1cc(Cl)c1ccccc12. The third kappa shape index (κ3) is 1.78. The van der Waals surface area contributed by atoms with Crippen LogP contribution in [0.25, 0.3) is 21.7 Å². The zero-order valence-electron chi connectivity index (χ0n) is 10.2. The van der Waals surface area contributed by atoms with Crippen LogP contribution in [-0.4, -0.2) is 13.6 Å². The number of hydrogen-bond acceptors (Lipinski definition) is 2. The molecule has 1 aromatic heterocycles. The molecule has 0 saturated carbocycles. The van der Waals surface area contributed by atoms with Gasteiger partial charge in [-0.1, -0.05) is 35.9 Å². The van der Waals surface area contributed by atoms with Crippen LogP contribution in [0.5, 0.6) is 0 Å². The van der Waals surface area contributed by atoms with Crippen LogP contribution in [0.4, 0.5) is 0 Å². The van der Waals surface area contributed by atoms with Crippen LogP contribution in [0.2, 0.25) is 5.02 Å². The molecule has 3 rings (SSSR count). The Morgan fingerprint density at radius 3 is 2.72 bits per heavy atom. The molecule has 0 saturated heterocycles. The van der Waals surface area contributed by atoms with Gasteiger partial charge in [0, 0.05) is 21.2 Å². The van der Waals surface area contributed by atoms with Gasteiger partial charge >= 0.3 is 0 Å². The number of furan rings is 1. The third-order valence-electron chi connectivity index (χ3n) is 3.25. The van der Waals surface area contributed by atoms with Crippen molar-refractivity contribution in [3.63, 3.8) is 0 Å². The standard InChI is InChI=1S/C15H14ClNO/c1-17-7-6-10-9-18-15-12-5-3-2-4-11(12)14(16)8-13(10)15/h2-5,8-9,17H,6-7H2,1H3. The van der Waals surface area contributed by atoms with Crippen molar-refractivity contribution in [3.05, 3.63) is 47.2 Å². The fourth-order valence-electron chi connectivity index (χ4n) is 2.32. The van der Waals surface area contributed by atoms with E-state index in [0.29, 0.717) is 0 Å². The van der Waals surface area contributed by atoms with E-state index in [1.54, 1.807) is 0 Å². The van der Waals surface area contributed by atoms with E-state index < -0.39 is 0 Å². The van der Waals surface area contributed by atoms with E-state index in [-0.39, 0.29) is 0 Å². The number of halogens is 1. The number of fused-ring (bicyclic) bond motifs is 3. The highest BCUT2D eigenvalue weighted by Crippen LogP contribution is 2.34. The molecule has 0 amide bonds. The van der Waals surface area contributed by atoms with Crippen molar-refractivity contribution in [1.29, 1.82) is 0 Å². The van der Waals surface area contributed by atoms with Crippen LogP contribution >= 0.6 is 11.6 Å². The first-order valence-corrected chi connectivity index (χ1v) is 6.41.